The van der Waals surface area contributed by atoms with Crippen LogP contribution in [0.5, 0.6) is 0 Å². The van der Waals surface area contributed by atoms with Crippen LogP contribution in [0.3, 0.4) is 0 Å². The molecule has 1 aromatic heterocycles. The van der Waals surface area contributed by atoms with Gasteiger partial charge in [0.05, 0.1) is 18.5 Å². The molecule has 0 saturated heterocycles. The number of hydrogen-bond donors (Lipinski definition) is 2. The van der Waals surface area contributed by atoms with E-state index in [4.69, 9.17) is 11.6 Å². The number of imidazole rings is 1. The molecule has 0 fully saturated rings. The van der Waals surface area contributed by atoms with Gasteiger partial charge in [-0.05, 0) is 13.3 Å². The topological polar surface area (TPSA) is 84.2 Å². The van der Waals surface area contributed by atoms with E-state index in [2.05, 4.69) is 9.71 Å². The van der Waals surface area contributed by atoms with Gasteiger partial charge >= 0.3 is 0 Å². The molecule has 1 unspecified atom stereocenters. The highest BCUT2D eigenvalue weighted by atomic mass is 35.5. The van der Waals surface area contributed by atoms with E-state index in [1.54, 1.807) is 20.9 Å². The van der Waals surface area contributed by atoms with Crippen molar-refractivity contribution in [1.82, 2.24) is 14.3 Å². The minimum absolute atomic E-state index is 0.0360. The zero-order valence-corrected chi connectivity index (χ0v) is 11.5. The number of nitrogens with one attached hydrogen (secondary N) is 1. The Hall–Kier alpha value is -0.630. The van der Waals surface area contributed by atoms with Gasteiger partial charge in [-0.1, -0.05) is 18.5 Å². The fourth-order valence-electron chi connectivity index (χ4n) is 1.16. The lowest BCUT2D eigenvalue weighted by Gasteiger charge is -2.26. The highest BCUT2D eigenvalue weighted by Gasteiger charge is 2.31. The molecule has 8 heteroatoms. The van der Waals surface area contributed by atoms with E-state index in [0.717, 1.165) is 0 Å². The van der Waals surface area contributed by atoms with Crippen molar-refractivity contribution in [3.8, 4) is 0 Å². The third-order valence-electron chi connectivity index (χ3n) is 2.60. The van der Waals surface area contributed by atoms with E-state index in [-0.39, 0.29) is 16.8 Å². The number of sulfonamides is 1. The average Bonchev–Trinajstić information content (AvgIpc) is 2.59. The molecule has 0 amide bonds. The van der Waals surface area contributed by atoms with Crippen LogP contribution >= 0.6 is 11.6 Å². The first-order chi connectivity index (χ1) is 7.75. The summed E-state index contributed by atoms with van der Waals surface area (Å²) in [7, 11) is -2.23. The molecule has 0 aromatic carbocycles. The van der Waals surface area contributed by atoms with Gasteiger partial charge in [0.2, 0.25) is 5.03 Å². The summed E-state index contributed by atoms with van der Waals surface area (Å²) in [6.45, 7) is 3.09. The summed E-state index contributed by atoms with van der Waals surface area (Å²) in [5.41, 5.74) is -0.917. The van der Waals surface area contributed by atoms with Gasteiger partial charge < -0.3 is 9.67 Å². The summed E-state index contributed by atoms with van der Waals surface area (Å²) in [6.07, 6.45) is 1.77. The normalized spacial score (nSPS) is 15.8. The highest BCUT2D eigenvalue weighted by Crippen LogP contribution is 2.21. The molecule has 98 valence electrons. The van der Waals surface area contributed by atoms with Crippen molar-refractivity contribution in [3.63, 3.8) is 0 Å². The maximum absolute atomic E-state index is 12.0. The minimum Gasteiger partial charge on any atom is -0.394 e. The Kier molecular flexibility index (Phi) is 4.19. The molecule has 0 radical (unpaired) electrons. The van der Waals surface area contributed by atoms with E-state index in [9.17, 15) is 13.5 Å². The van der Waals surface area contributed by atoms with Gasteiger partial charge in [-0.2, -0.15) is 0 Å². The highest BCUT2D eigenvalue weighted by molar-refractivity contribution is 7.89. The Morgan fingerprint density at radius 1 is 1.65 bits per heavy atom. The average molecular weight is 282 g/mol. The van der Waals surface area contributed by atoms with Crippen LogP contribution in [0.1, 0.15) is 20.3 Å². The minimum atomic E-state index is -3.83. The molecule has 17 heavy (non-hydrogen) atoms. The molecule has 1 atom stereocenters. The Balaban J connectivity index is 3.09. The van der Waals surface area contributed by atoms with Gasteiger partial charge in [0.15, 0.2) is 0 Å². The van der Waals surface area contributed by atoms with Crippen molar-refractivity contribution in [2.75, 3.05) is 6.61 Å². The number of aryl methyl sites for hydroxylation is 1. The summed E-state index contributed by atoms with van der Waals surface area (Å²) in [5.74, 6) is 0. The first-order valence-electron chi connectivity index (χ1n) is 5.07. The molecule has 1 aromatic rings. The molecule has 0 aliphatic heterocycles. The Bertz CT molecular complexity index is 494. The van der Waals surface area contributed by atoms with Crippen LogP contribution in [-0.4, -0.2) is 35.2 Å². The summed E-state index contributed by atoms with van der Waals surface area (Å²) < 4.78 is 27.8. The quantitative estimate of drug-likeness (QED) is 0.824. The lowest BCUT2D eigenvalue weighted by Crippen LogP contribution is -2.48. The van der Waals surface area contributed by atoms with Crippen molar-refractivity contribution < 1.29 is 13.5 Å². The Morgan fingerprint density at radius 3 is 2.59 bits per heavy atom. The van der Waals surface area contributed by atoms with Gasteiger partial charge in [0, 0.05) is 7.05 Å². The first-order valence-corrected chi connectivity index (χ1v) is 6.93. The molecule has 0 aliphatic carbocycles. The molecule has 2 N–H and O–H groups in total. The predicted molar refractivity (Wildman–Crippen MR) is 64.3 cm³/mol. The van der Waals surface area contributed by atoms with Crippen molar-refractivity contribution in [3.05, 3.63) is 11.5 Å². The molecule has 0 spiro atoms. The zero-order valence-electron chi connectivity index (χ0n) is 9.94. The van der Waals surface area contributed by atoms with E-state index in [1.165, 1.54) is 10.9 Å². The molecule has 1 heterocycles. The maximum atomic E-state index is 12.0. The molecule has 6 nitrogen and oxygen atoms in total. The van der Waals surface area contributed by atoms with E-state index >= 15 is 0 Å². The molecule has 0 aliphatic rings. The molecular formula is C9H16ClN3O3S. The number of rotatable bonds is 5. The van der Waals surface area contributed by atoms with Crippen molar-refractivity contribution in [1.29, 1.82) is 0 Å². The smallest absolute Gasteiger partial charge is 0.261 e. The second kappa shape index (κ2) is 4.93. The number of nitrogens with zero attached hydrogens (tertiary/aromatic N) is 2. The SMILES string of the molecule is CCC(C)(CO)NS(=O)(=O)c1ncn(C)c1Cl. The molecule has 0 saturated carbocycles. The lowest BCUT2D eigenvalue weighted by molar-refractivity contribution is 0.191. The van der Waals surface area contributed by atoms with Gasteiger partial charge in [-0.15, -0.1) is 0 Å². The van der Waals surface area contributed by atoms with Crippen molar-refractivity contribution in [2.24, 2.45) is 7.05 Å². The van der Waals surface area contributed by atoms with Gasteiger partial charge in [0.1, 0.15) is 5.15 Å². The largest absolute Gasteiger partial charge is 0.394 e. The molecular weight excluding hydrogens is 266 g/mol. The first kappa shape index (κ1) is 14.4. The monoisotopic (exact) mass is 281 g/mol. The van der Waals surface area contributed by atoms with E-state index < -0.39 is 15.6 Å². The van der Waals surface area contributed by atoms with Crippen LogP contribution in [0.15, 0.2) is 11.4 Å². The second-order valence-electron chi connectivity index (χ2n) is 4.13. The summed E-state index contributed by atoms with van der Waals surface area (Å²) in [6, 6.07) is 0. The van der Waals surface area contributed by atoms with Crippen molar-refractivity contribution >= 4 is 21.6 Å². The van der Waals surface area contributed by atoms with Gasteiger partial charge in [-0.3, -0.25) is 0 Å². The van der Waals surface area contributed by atoms with Crippen LogP contribution in [0, 0.1) is 0 Å². The van der Waals surface area contributed by atoms with Gasteiger partial charge in [-0.25, -0.2) is 18.1 Å². The lowest BCUT2D eigenvalue weighted by atomic mass is 10.0. The maximum Gasteiger partial charge on any atom is 0.261 e. The Labute approximate surface area is 106 Å². The number of halogens is 1. The van der Waals surface area contributed by atoms with Crippen LogP contribution in [0.4, 0.5) is 0 Å². The van der Waals surface area contributed by atoms with Gasteiger partial charge in [0.25, 0.3) is 10.0 Å². The second-order valence-corrected chi connectivity index (χ2v) is 6.08. The third kappa shape index (κ3) is 2.98. The van der Waals surface area contributed by atoms with E-state index in [1.807, 2.05) is 0 Å². The summed E-state index contributed by atoms with van der Waals surface area (Å²) >= 11 is 5.83. The Morgan fingerprint density at radius 2 is 2.24 bits per heavy atom. The number of aliphatic hydroxyl groups excluding tert-OH is 1. The summed E-state index contributed by atoms with van der Waals surface area (Å²) in [4.78, 5) is 3.74. The zero-order chi connectivity index (χ0) is 13.3. The number of aromatic nitrogens is 2. The molecule has 1 rings (SSSR count). The third-order valence-corrected chi connectivity index (χ3v) is 4.73. The fraction of sp³-hybridized carbons (Fsp3) is 0.667. The van der Waals surface area contributed by atoms with E-state index in [0.29, 0.717) is 6.42 Å². The summed E-state index contributed by atoms with van der Waals surface area (Å²) in [5, 5.41) is 8.99. The number of aliphatic hydroxyl groups is 1. The van der Waals surface area contributed by atoms with Crippen LogP contribution in [-0.2, 0) is 17.1 Å². The fourth-order valence-corrected chi connectivity index (χ4v) is 3.07. The van der Waals surface area contributed by atoms with Crippen LogP contribution in [0.25, 0.3) is 0 Å². The van der Waals surface area contributed by atoms with Crippen LogP contribution in [0.2, 0.25) is 5.15 Å². The predicted octanol–water partition coefficient (Wildman–Crippen LogP) is 0.513. The van der Waals surface area contributed by atoms with Crippen molar-refractivity contribution in [2.45, 2.75) is 30.8 Å². The molecule has 0 bridgehead atoms. The standard InChI is InChI=1S/C9H16ClN3O3S/c1-4-9(2,5-14)12-17(15,16)8-7(10)13(3)6-11-8/h6,12,14H,4-5H2,1-3H3. The van der Waals surface area contributed by atoms with Crippen LogP contribution < -0.4 is 4.72 Å². The number of hydrogen-bond acceptors (Lipinski definition) is 4.